The van der Waals surface area contributed by atoms with Crippen molar-refractivity contribution in [2.45, 2.75) is 178 Å². The molecule has 1 spiro atoms. The van der Waals surface area contributed by atoms with Gasteiger partial charge in [0.05, 0.1) is 24.5 Å². The Labute approximate surface area is 605 Å². The van der Waals surface area contributed by atoms with E-state index >= 15 is 0 Å². The molecule has 4 aliphatic heterocycles. The summed E-state index contributed by atoms with van der Waals surface area (Å²) in [4.78, 5) is 205. The lowest BCUT2D eigenvalue weighted by molar-refractivity contribution is -0.148. The second-order valence-electron chi connectivity index (χ2n) is 26.9. The number of phenolic OH excluding ortho intramolecular Hbond substituents is 3. The van der Waals surface area contributed by atoms with Crippen LogP contribution in [-0.2, 0) is 79.1 Å². The Balaban J connectivity index is 0.914. The Hall–Kier alpha value is -11.9. The number of nitrogens with one attached hydrogen (secondary N) is 8. The van der Waals surface area contributed by atoms with Crippen LogP contribution in [0, 0.1) is 11.8 Å². The highest BCUT2D eigenvalue weighted by atomic mass is 16.6. The van der Waals surface area contributed by atoms with Crippen molar-refractivity contribution in [2.24, 2.45) is 11.8 Å². The summed E-state index contributed by atoms with van der Waals surface area (Å²) in [6.07, 6.45) is -4.86. The zero-order valence-electron chi connectivity index (χ0n) is 58.4. The van der Waals surface area contributed by atoms with Crippen LogP contribution >= 0.6 is 0 Å². The van der Waals surface area contributed by atoms with Gasteiger partial charge in [0.25, 0.3) is 5.91 Å². The first-order valence-electron chi connectivity index (χ1n) is 34.1. The Morgan fingerprint density at radius 1 is 0.557 bits per heavy atom. The number of carboxylic acid groups (broad SMARTS) is 4. The average Bonchev–Trinajstić information content (AvgIpc) is 1.67. The van der Waals surface area contributed by atoms with Crippen LogP contribution in [0.25, 0.3) is 0 Å². The van der Waals surface area contributed by atoms with Crippen LogP contribution in [0.3, 0.4) is 0 Å². The molecule has 0 unspecified atom stereocenters. The van der Waals surface area contributed by atoms with Crippen LogP contribution in [0.15, 0.2) is 78.9 Å². The van der Waals surface area contributed by atoms with Gasteiger partial charge >= 0.3 is 29.8 Å². The molecule has 16 N–H and O–H groups in total. The second kappa shape index (κ2) is 34.1. The smallest absolute Gasteiger partial charge is 0.340 e. The van der Waals surface area contributed by atoms with E-state index in [2.05, 4.69) is 42.5 Å². The predicted octanol–water partition coefficient (Wildman–Crippen LogP) is 0.0897. The molecule has 0 bridgehead atoms. The second-order valence-corrected chi connectivity index (χ2v) is 26.9. The van der Waals surface area contributed by atoms with E-state index in [4.69, 9.17) is 9.47 Å². The van der Waals surface area contributed by atoms with Crippen LogP contribution in [0.5, 0.6) is 28.7 Å². The molecule has 2 fully saturated rings. The molecular formula is C71H84N10O25. The van der Waals surface area contributed by atoms with E-state index in [1.165, 1.54) is 86.6 Å². The quantitative estimate of drug-likeness (QED) is 0.0288. The number of hydrogen-bond donors (Lipinski definition) is 16. The first-order valence-corrected chi connectivity index (χ1v) is 34.1. The number of fused-ring (bicyclic) bond motifs is 6. The minimum atomic E-state index is -1.97. The summed E-state index contributed by atoms with van der Waals surface area (Å²) in [7, 11) is 0. The van der Waals surface area contributed by atoms with Gasteiger partial charge < -0.3 is 103 Å². The lowest BCUT2D eigenvalue weighted by atomic mass is 9.77. The summed E-state index contributed by atoms with van der Waals surface area (Å²) >= 11 is 0. The first kappa shape index (κ1) is 79.8. The molecule has 4 heterocycles. The number of nitrogens with zero attached hydrogens (tertiary/aromatic N) is 2. The molecule has 2 saturated heterocycles. The normalized spacial score (nSPS) is 18.5. The topological polar surface area (TPSA) is 539 Å². The third kappa shape index (κ3) is 18.9. The fraction of sp³-hybridized carbons (Fsp3) is 0.451. The van der Waals surface area contributed by atoms with Crippen molar-refractivity contribution >= 4 is 88.9 Å². The highest BCUT2D eigenvalue weighted by molar-refractivity contribution is 6.04. The predicted molar refractivity (Wildman–Crippen MR) is 365 cm³/mol. The Kier molecular flexibility index (Phi) is 25.7. The first-order chi connectivity index (χ1) is 50.0. The number of aliphatic hydroxyl groups is 1. The molecule has 8 rings (SSSR count). The van der Waals surface area contributed by atoms with Crippen molar-refractivity contribution in [3.05, 3.63) is 112 Å². The molecule has 106 heavy (non-hydrogen) atoms. The van der Waals surface area contributed by atoms with Gasteiger partial charge in [-0.1, -0.05) is 52.3 Å². The molecule has 0 aliphatic carbocycles. The van der Waals surface area contributed by atoms with Crippen molar-refractivity contribution in [3.8, 4) is 28.7 Å². The zero-order valence-corrected chi connectivity index (χ0v) is 58.4. The number of esters is 1. The molecule has 568 valence electrons. The fourth-order valence-corrected chi connectivity index (χ4v) is 13.0. The van der Waals surface area contributed by atoms with Gasteiger partial charge in [-0.3, -0.25) is 62.3 Å². The Bertz CT molecular complexity index is 4080. The fourth-order valence-electron chi connectivity index (χ4n) is 13.0. The molecule has 0 aromatic heterocycles. The number of rotatable bonds is 32. The van der Waals surface area contributed by atoms with Crippen LogP contribution in [-0.4, -0.2) is 219 Å². The molecule has 4 aliphatic rings. The third-order valence-corrected chi connectivity index (χ3v) is 18.6. The molecule has 0 saturated carbocycles. The highest BCUT2D eigenvalue weighted by Gasteiger charge is 2.54. The SMILES string of the molecule is CC[C@@H](C)[C@H](NC(=O)[C@H](Cc1ccc(O)cc1)NC(=O)[C@@H]1C[C@@H](O)CN1C(=O)[C@H](C)NC(=O)[C@H](CC(C)C)NC(=O)[C@H](C)NC(=O)[C@H](CCC(=O)O)NC(=O)[C@H](CC(=O)O)NC(=O)c1ccc2c(c1)C(=O)OC21c2ccc(O)cc2Oc2cc(O)ccc21)C(=O)N1CCC[C@H]1C(=O)N[C@@H](CC(=O)O)C(=O)O. The summed E-state index contributed by atoms with van der Waals surface area (Å²) < 4.78 is 12.0. The summed E-state index contributed by atoms with van der Waals surface area (Å²) in [5, 5.41) is 99.4. The van der Waals surface area contributed by atoms with Gasteiger partial charge in [0.2, 0.25) is 53.2 Å². The number of aromatic hydroxyl groups is 3. The third-order valence-electron chi connectivity index (χ3n) is 18.6. The highest BCUT2D eigenvalue weighted by Crippen LogP contribution is 2.57. The number of hydrogen-bond acceptors (Lipinski definition) is 21. The van der Waals surface area contributed by atoms with Gasteiger partial charge in [0.15, 0.2) is 5.60 Å². The van der Waals surface area contributed by atoms with Crippen molar-refractivity contribution in [3.63, 3.8) is 0 Å². The number of amides is 10. The van der Waals surface area contributed by atoms with Gasteiger partial charge in [0.1, 0.15) is 89.2 Å². The van der Waals surface area contributed by atoms with E-state index in [0.717, 1.165) is 15.9 Å². The maximum absolute atomic E-state index is 14.6. The standard InChI is InChI=1S/C71H84N10O25/c1-7-33(4)58(68(101)80-22-8-9-51(80)65(98)78-50(69(102)103)30-57(90)91)79-64(97)48(24-36-10-13-38(82)14-11-36)77-66(99)52-26-41(85)31-81(52)67(100)35(6)73-62(95)47(23-32(2)3)75-59(92)34(5)72-61(94)46(20-21-55(86)87)74-63(96)49(29-56(88)89)76-60(93)37-12-17-43-42(25-37)70(104)106-71(43)44-18-15-39(83)27-53(44)105-54-28-40(84)16-19-45(54)71/h10-19,25,27-28,32-35,41,46-52,58,82-85H,7-9,20-24,26,29-31H2,1-6H3,(H,72,94)(H,73,95)(H,74,96)(H,75,92)(H,76,93)(H,77,99)(H,78,98)(H,79,97)(H,86,87)(H,88,89)(H,90,91)(H,102,103)/t33-,34+,35+,41-,46+,47+,48+,49+,50+,51+,52+,58+/m1/s1. The van der Waals surface area contributed by atoms with Crippen molar-refractivity contribution < 1.29 is 122 Å². The molecule has 4 aromatic rings. The number of carbonyl (C=O) groups is 15. The molecule has 4 aromatic carbocycles. The van der Waals surface area contributed by atoms with E-state index in [1.807, 2.05) is 0 Å². The van der Waals surface area contributed by atoms with Crippen LogP contribution in [0.2, 0.25) is 0 Å². The number of carbonyl (C=O) groups excluding carboxylic acids is 11. The number of phenols is 3. The van der Waals surface area contributed by atoms with Gasteiger partial charge in [-0.2, -0.15) is 0 Å². The number of aliphatic hydroxyl groups excluding tert-OH is 1. The Morgan fingerprint density at radius 2 is 1.10 bits per heavy atom. The molecule has 12 atom stereocenters. The summed E-state index contributed by atoms with van der Waals surface area (Å²) in [6, 6.07) is 1.65. The van der Waals surface area contributed by atoms with Gasteiger partial charge in [0, 0.05) is 66.7 Å². The van der Waals surface area contributed by atoms with E-state index in [9.17, 15) is 113 Å². The van der Waals surface area contributed by atoms with Crippen molar-refractivity contribution in [1.29, 1.82) is 0 Å². The monoisotopic (exact) mass is 1480 g/mol. The minimum absolute atomic E-state index is 0.00384. The van der Waals surface area contributed by atoms with Gasteiger partial charge in [-0.05, 0) is 105 Å². The number of ether oxygens (including phenoxy) is 2. The largest absolute Gasteiger partial charge is 0.508 e. The number of aliphatic carboxylic acids is 4. The lowest BCUT2D eigenvalue weighted by Gasteiger charge is -2.36. The minimum Gasteiger partial charge on any atom is -0.508 e. The zero-order chi connectivity index (χ0) is 77.9. The molecule has 10 amide bonds. The Morgan fingerprint density at radius 3 is 1.70 bits per heavy atom. The molecule has 35 heteroatoms. The summed E-state index contributed by atoms with van der Waals surface area (Å²) in [5.74, 6) is -18.5. The van der Waals surface area contributed by atoms with E-state index in [-0.39, 0.29) is 101 Å². The van der Waals surface area contributed by atoms with Crippen LogP contribution < -0.4 is 47.3 Å². The maximum atomic E-state index is 14.6. The van der Waals surface area contributed by atoms with E-state index in [0.29, 0.717) is 12.0 Å². The van der Waals surface area contributed by atoms with Gasteiger partial charge in [-0.15, -0.1) is 0 Å². The van der Waals surface area contributed by atoms with Crippen molar-refractivity contribution in [1.82, 2.24) is 52.3 Å². The molecule has 0 radical (unpaired) electrons. The molecule has 35 nitrogen and oxygen atoms in total. The lowest BCUT2D eigenvalue weighted by Crippen LogP contribution is -2.61. The maximum Gasteiger partial charge on any atom is 0.340 e. The number of benzene rings is 4. The van der Waals surface area contributed by atoms with Gasteiger partial charge in [-0.25, -0.2) is 9.59 Å². The van der Waals surface area contributed by atoms with Crippen LogP contribution in [0.4, 0.5) is 0 Å². The summed E-state index contributed by atoms with van der Waals surface area (Å²) in [6.45, 7) is 8.73. The van der Waals surface area contributed by atoms with Crippen molar-refractivity contribution in [2.75, 3.05) is 13.1 Å². The summed E-state index contributed by atoms with van der Waals surface area (Å²) in [5.41, 5.74) is -1.03. The number of carboxylic acids is 4. The van der Waals surface area contributed by atoms with E-state index in [1.54, 1.807) is 27.7 Å². The molecular weight excluding hydrogens is 1390 g/mol. The van der Waals surface area contributed by atoms with Crippen LogP contribution in [0.1, 0.15) is 142 Å². The van der Waals surface area contributed by atoms with E-state index < -0.39 is 199 Å². The number of likely N-dealkylation sites (tertiary alicyclic amines) is 2. The number of β-amino-alcohol motifs (C(OH)–C–C–N with tert-alkyl or cyclic N) is 1. The average molecular weight is 1480 g/mol.